The van der Waals surface area contributed by atoms with Crippen LogP contribution in [0.3, 0.4) is 0 Å². The summed E-state index contributed by atoms with van der Waals surface area (Å²) in [5, 5.41) is 0. The van der Waals surface area contributed by atoms with Crippen molar-refractivity contribution in [3.63, 3.8) is 0 Å². The molecule has 0 amide bonds. The van der Waals surface area contributed by atoms with Gasteiger partial charge in [0.05, 0.1) is 6.61 Å². The van der Waals surface area contributed by atoms with Crippen molar-refractivity contribution in [1.29, 1.82) is 0 Å². The second kappa shape index (κ2) is 17.5. The molecule has 0 saturated carbocycles. The van der Waals surface area contributed by atoms with Crippen molar-refractivity contribution < 1.29 is 66.2 Å². The average Bonchev–Trinajstić information content (AvgIpc) is 2.24. The van der Waals surface area contributed by atoms with Crippen molar-refractivity contribution in [2.45, 2.75) is 71.1 Å². The van der Waals surface area contributed by atoms with Crippen molar-refractivity contribution in [2.24, 2.45) is 0 Å². The average molecular weight is 354 g/mol. The molecule has 0 aromatic heterocycles. The molecule has 0 aliphatic heterocycles. The second-order valence-corrected chi connectivity index (χ2v) is 5.46. The molecule has 7 heteroatoms. The van der Waals surface area contributed by atoms with Crippen LogP contribution in [0.1, 0.15) is 71.1 Å². The third-order valence-corrected chi connectivity index (χ3v) is 3.18. The molecule has 0 bridgehead atoms. The van der Waals surface area contributed by atoms with E-state index >= 15 is 0 Å². The van der Waals surface area contributed by atoms with Crippen molar-refractivity contribution in [3.05, 3.63) is 0 Å². The van der Waals surface area contributed by atoms with E-state index in [1.165, 1.54) is 44.9 Å². The van der Waals surface area contributed by atoms with Gasteiger partial charge in [0.2, 0.25) is 10.4 Å². The van der Waals surface area contributed by atoms with E-state index in [1.807, 2.05) is 0 Å². The molecule has 0 N–H and O–H groups in total. The molecule has 0 heterocycles. The molecule has 0 aromatic rings. The van der Waals surface area contributed by atoms with Gasteiger partial charge in [0, 0.05) is 0 Å². The molecule has 0 aliphatic rings. The molecule has 0 spiro atoms. The minimum absolute atomic E-state index is 0. The summed E-state index contributed by atoms with van der Waals surface area (Å²) in [6.45, 7) is 2.24. The van der Waals surface area contributed by atoms with Crippen molar-refractivity contribution in [3.8, 4) is 0 Å². The van der Waals surface area contributed by atoms with Crippen LogP contribution in [0.25, 0.3) is 0 Å². The first-order chi connectivity index (χ1) is 8.06. The number of hydrogen-bond acceptors (Lipinski definition) is 4. The summed E-state index contributed by atoms with van der Waals surface area (Å²) < 4.78 is 34.5. The van der Waals surface area contributed by atoms with E-state index in [0.29, 0.717) is 6.42 Å². The van der Waals surface area contributed by atoms with Gasteiger partial charge in [0.1, 0.15) is 0 Å². The second-order valence-electron chi connectivity index (χ2n) is 4.41. The predicted molar refractivity (Wildman–Crippen MR) is 67.5 cm³/mol. The van der Waals surface area contributed by atoms with Crippen LogP contribution in [-0.2, 0) is 34.1 Å². The van der Waals surface area contributed by atoms with E-state index in [2.05, 4.69) is 11.1 Å². The van der Waals surface area contributed by atoms with Crippen molar-refractivity contribution in [1.82, 2.24) is 0 Å². The van der Waals surface area contributed by atoms with Crippen LogP contribution in [-0.4, -0.2) is 19.6 Å². The van der Waals surface area contributed by atoms with Gasteiger partial charge in [-0.3, -0.25) is 4.18 Å². The van der Waals surface area contributed by atoms with E-state index < -0.39 is 10.4 Å². The Morgan fingerprint density at radius 2 is 1.21 bits per heavy atom. The van der Waals surface area contributed by atoms with Crippen LogP contribution in [0, 0.1) is 0 Å². The van der Waals surface area contributed by atoms with Crippen molar-refractivity contribution >= 4 is 10.4 Å². The Morgan fingerprint density at radius 3 is 1.58 bits per heavy atom. The molecule has 0 rings (SSSR count). The monoisotopic (exact) mass is 352 g/mol. The normalized spacial score (nSPS) is 10.6. The smallest absolute Gasteiger partial charge is 0.726 e. The molecule has 0 aliphatic carbocycles. The fourth-order valence-corrected chi connectivity index (χ4v) is 2.07. The zero-order valence-electron chi connectivity index (χ0n) is 12.5. The Morgan fingerprint density at radius 1 is 0.842 bits per heavy atom. The molecule has 19 heavy (non-hydrogen) atoms. The van der Waals surface area contributed by atoms with Gasteiger partial charge in [-0.1, -0.05) is 64.7 Å². The van der Waals surface area contributed by atoms with Gasteiger partial charge in [0.15, 0.2) is 0 Å². The minimum Gasteiger partial charge on any atom is -0.726 e. The number of hydrogen-bond donors (Lipinski definition) is 0. The van der Waals surface area contributed by atoms with E-state index in [0.717, 1.165) is 12.8 Å². The summed E-state index contributed by atoms with van der Waals surface area (Å²) in [7, 11) is -4.48. The van der Waals surface area contributed by atoms with Gasteiger partial charge in [-0.25, -0.2) is 8.42 Å². The molecular formula is C12H25NaO4SZn+2. The van der Waals surface area contributed by atoms with Crippen LogP contribution in [0.4, 0.5) is 0 Å². The Balaban J connectivity index is -0.00000128. The largest absolute Gasteiger partial charge is 2.00 e. The van der Waals surface area contributed by atoms with Gasteiger partial charge in [0.25, 0.3) is 0 Å². The van der Waals surface area contributed by atoms with Gasteiger partial charge in [-0.2, -0.15) is 0 Å². The van der Waals surface area contributed by atoms with Crippen LogP contribution in [0.15, 0.2) is 0 Å². The molecule has 0 saturated heterocycles. The van der Waals surface area contributed by atoms with E-state index in [-0.39, 0.29) is 55.6 Å². The first kappa shape index (κ1) is 25.4. The molecule has 0 atom stereocenters. The third kappa shape index (κ3) is 24.9. The summed E-state index contributed by atoms with van der Waals surface area (Å²) in [6, 6.07) is 0. The van der Waals surface area contributed by atoms with Crippen molar-refractivity contribution in [2.75, 3.05) is 6.61 Å². The summed E-state index contributed by atoms with van der Waals surface area (Å²) in [5.74, 6) is 0. The van der Waals surface area contributed by atoms with Crippen LogP contribution < -0.4 is 29.6 Å². The number of rotatable bonds is 12. The molecule has 0 aromatic carbocycles. The Bertz CT molecular complexity index is 260. The van der Waals surface area contributed by atoms with Crippen LogP contribution >= 0.6 is 0 Å². The minimum atomic E-state index is -4.48. The first-order valence-corrected chi connectivity index (χ1v) is 8.00. The zero-order chi connectivity index (χ0) is 13.0. The Kier molecular flexibility index (Phi) is 23.5. The van der Waals surface area contributed by atoms with Crippen LogP contribution in [0.5, 0.6) is 0 Å². The van der Waals surface area contributed by atoms with Gasteiger partial charge in [-0.15, -0.1) is 0 Å². The van der Waals surface area contributed by atoms with Gasteiger partial charge < -0.3 is 4.55 Å². The summed E-state index contributed by atoms with van der Waals surface area (Å²) in [5.41, 5.74) is 0. The first-order valence-electron chi connectivity index (χ1n) is 6.66. The maximum Gasteiger partial charge on any atom is 2.00 e. The fourth-order valence-electron chi connectivity index (χ4n) is 1.75. The summed E-state index contributed by atoms with van der Waals surface area (Å²) in [4.78, 5) is 0. The summed E-state index contributed by atoms with van der Waals surface area (Å²) in [6.07, 6.45) is 11.7. The Labute approximate surface area is 153 Å². The topological polar surface area (TPSA) is 66.4 Å². The third-order valence-electron chi connectivity index (χ3n) is 2.73. The predicted octanol–water partition coefficient (Wildman–Crippen LogP) is 0.386. The van der Waals surface area contributed by atoms with E-state index in [9.17, 15) is 13.0 Å². The standard InChI is InChI=1S/C12H26O4S.Na.Zn/c1-2-3-4-5-6-7-8-9-10-11-12-16-17(13,14)15;;/h2-12H2,1H3,(H,13,14,15);;/q;+1;+2/p-1. The zero-order valence-corrected chi connectivity index (χ0v) is 18.3. The SMILES string of the molecule is CCCCCCCCCCCCOS(=O)(=O)[O-].[Na+].[Zn+2]. The molecule has 0 unspecified atom stereocenters. The van der Waals surface area contributed by atoms with Gasteiger partial charge in [-0.05, 0) is 6.42 Å². The van der Waals surface area contributed by atoms with Gasteiger partial charge >= 0.3 is 49.0 Å². The number of unbranched alkanes of at least 4 members (excludes halogenated alkanes) is 9. The fraction of sp³-hybridized carbons (Fsp3) is 1.00. The van der Waals surface area contributed by atoms with Crippen LogP contribution in [0.2, 0.25) is 0 Å². The Hall–Kier alpha value is 1.49. The quantitative estimate of drug-likeness (QED) is 0.220. The molecule has 0 fully saturated rings. The maximum atomic E-state index is 10.1. The molecule has 4 nitrogen and oxygen atoms in total. The summed E-state index contributed by atoms with van der Waals surface area (Å²) >= 11 is 0. The molecule has 0 radical (unpaired) electrons. The maximum absolute atomic E-state index is 10.1. The van der Waals surface area contributed by atoms with E-state index in [4.69, 9.17) is 0 Å². The molecular weight excluding hydrogens is 329 g/mol. The molecule has 104 valence electrons. The van der Waals surface area contributed by atoms with E-state index in [1.54, 1.807) is 0 Å².